The Labute approximate surface area is 121 Å². The summed E-state index contributed by atoms with van der Waals surface area (Å²) in [7, 11) is 0. The molecule has 1 atom stereocenters. The van der Waals surface area contributed by atoms with Crippen molar-refractivity contribution < 1.29 is 4.79 Å². The van der Waals surface area contributed by atoms with Crippen molar-refractivity contribution in [2.24, 2.45) is 0 Å². The summed E-state index contributed by atoms with van der Waals surface area (Å²) in [6.07, 6.45) is 1.17. The van der Waals surface area contributed by atoms with Gasteiger partial charge >= 0.3 is 0 Å². The molecular formula is C13H19BrN2OS. The number of thiophene rings is 1. The van der Waals surface area contributed by atoms with Crippen LogP contribution in [0.15, 0.2) is 15.2 Å². The third-order valence-corrected chi connectivity index (χ3v) is 5.13. The van der Waals surface area contributed by atoms with Gasteiger partial charge in [-0.1, -0.05) is 6.92 Å². The van der Waals surface area contributed by atoms with Gasteiger partial charge in [-0.15, -0.1) is 11.3 Å². The summed E-state index contributed by atoms with van der Waals surface area (Å²) in [5, 5.41) is 1.92. The van der Waals surface area contributed by atoms with E-state index in [0.717, 1.165) is 35.5 Å². The molecule has 1 aliphatic heterocycles. The predicted molar refractivity (Wildman–Crippen MR) is 79.2 cm³/mol. The first-order chi connectivity index (χ1) is 8.61. The van der Waals surface area contributed by atoms with Gasteiger partial charge in [-0.2, -0.15) is 0 Å². The van der Waals surface area contributed by atoms with Crippen LogP contribution in [-0.2, 0) is 0 Å². The van der Waals surface area contributed by atoms with E-state index in [0.29, 0.717) is 6.04 Å². The maximum Gasteiger partial charge on any atom is 0.254 e. The van der Waals surface area contributed by atoms with Crippen molar-refractivity contribution in [3.63, 3.8) is 0 Å². The van der Waals surface area contributed by atoms with E-state index in [9.17, 15) is 4.79 Å². The summed E-state index contributed by atoms with van der Waals surface area (Å²) in [4.78, 5) is 16.7. The van der Waals surface area contributed by atoms with Crippen molar-refractivity contribution in [2.45, 2.75) is 26.3 Å². The molecule has 1 aliphatic rings. The number of halogens is 1. The number of nitrogens with zero attached hydrogens (tertiary/aromatic N) is 2. The van der Waals surface area contributed by atoms with Gasteiger partial charge in [0.15, 0.2) is 0 Å². The highest BCUT2D eigenvalue weighted by Gasteiger charge is 2.24. The Morgan fingerprint density at radius 1 is 1.44 bits per heavy atom. The largest absolute Gasteiger partial charge is 0.336 e. The van der Waals surface area contributed by atoms with Crippen LogP contribution in [0.1, 0.15) is 30.6 Å². The molecule has 1 saturated heterocycles. The molecule has 1 fully saturated rings. The Kier molecular flexibility index (Phi) is 4.81. The molecule has 2 rings (SSSR count). The quantitative estimate of drug-likeness (QED) is 0.850. The van der Waals surface area contributed by atoms with E-state index >= 15 is 0 Å². The summed E-state index contributed by atoms with van der Waals surface area (Å²) >= 11 is 4.97. The van der Waals surface area contributed by atoms with Crippen molar-refractivity contribution in [3.05, 3.63) is 20.8 Å². The molecule has 5 heteroatoms. The van der Waals surface area contributed by atoms with Gasteiger partial charge in [0.25, 0.3) is 5.91 Å². The van der Waals surface area contributed by atoms with E-state index in [-0.39, 0.29) is 5.91 Å². The summed E-state index contributed by atoms with van der Waals surface area (Å²) in [6, 6.07) is 2.53. The van der Waals surface area contributed by atoms with Crippen LogP contribution >= 0.6 is 27.3 Å². The second-order valence-electron chi connectivity index (χ2n) is 4.72. The smallest absolute Gasteiger partial charge is 0.254 e. The zero-order chi connectivity index (χ0) is 13.1. The van der Waals surface area contributed by atoms with Crippen molar-refractivity contribution in [1.29, 1.82) is 0 Å². The van der Waals surface area contributed by atoms with Crippen molar-refractivity contribution in [2.75, 3.05) is 26.2 Å². The Bertz CT molecular complexity index is 413. The molecule has 1 amide bonds. The first kappa shape index (κ1) is 14.0. The van der Waals surface area contributed by atoms with Gasteiger partial charge in [0, 0.05) is 37.6 Å². The second-order valence-corrected chi connectivity index (χ2v) is 7.02. The fourth-order valence-electron chi connectivity index (χ4n) is 2.23. The predicted octanol–water partition coefficient (Wildman–Crippen LogP) is 3.07. The van der Waals surface area contributed by atoms with Gasteiger partial charge < -0.3 is 4.90 Å². The van der Waals surface area contributed by atoms with Crippen LogP contribution in [0, 0.1) is 0 Å². The Balaban J connectivity index is 1.92. The highest BCUT2D eigenvalue weighted by Crippen LogP contribution is 2.22. The molecule has 0 spiro atoms. The normalized spacial score (nSPS) is 18.9. The molecule has 100 valence electrons. The van der Waals surface area contributed by atoms with E-state index in [1.807, 2.05) is 16.3 Å². The molecule has 0 aliphatic carbocycles. The molecule has 1 unspecified atom stereocenters. The molecule has 1 aromatic rings. The van der Waals surface area contributed by atoms with E-state index in [1.165, 1.54) is 6.42 Å². The fourth-order valence-corrected chi connectivity index (χ4v) is 3.36. The van der Waals surface area contributed by atoms with Gasteiger partial charge in [0.05, 0.1) is 9.35 Å². The molecule has 0 bridgehead atoms. The number of carbonyl (C=O) groups is 1. The Morgan fingerprint density at radius 2 is 2.11 bits per heavy atom. The van der Waals surface area contributed by atoms with Gasteiger partial charge in [-0.3, -0.25) is 9.69 Å². The second kappa shape index (κ2) is 6.17. The maximum absolute atomic E-state index is 12.3. The van der Waals surface area contributed by atoms with Crippen LogP contribution in [0.2, 0.25) is 0 Å². The lowest BCUT2D eigenvalue weighted by Gasteiger charge is -2.37. The third-order valence-electron chi connectivity index (χ3n) is 3.63. The van der Waals surface area contributed by atoms with E-state index in [1.54, 1.807) is 11.3 Å². The topological polar surface area (TPSA) is 23.6 Å². The van der Waals surface area contributed by atoms with E-state index in [2.05, 4.69) is 34.7 Å². The van der Waals surface area contributed by atoms with Crippen molar-refractivity contribution >= 4 is 33.2 Å². The number of hydrogen-bond acceptors (Lipinski definition) is 3. The zero-order valence-corrected chi connectivity index (χ0v) is 13.3. The number of hydrogen-bond donors (Lipinski definition) is 0. The molecule has 1 aromatic heterocycles. The number of amides is 1. The molecule has 0 N–H and O–H groups in total. The Hall–Kier alpha value is -0.390. The fraction of sp³-hybridized carbons (Fsp3) is 0.615. The van der Waals surface area contributed by atoms with Crippen LogP contribution in [0.3, 0.4) is 0 Å². The number of piperazine rings is 1. The van der Waals surface area contributed by atoms with Crippen LogP contribution in [0.25, 0.3) is 0 Å². The zero-order valence-electron chi connectivity index (χ0n) is 10.9. The average Bonchev–Trinajstić information content (AvgIpc) is 2.84. The molecule has 3 nitrogen and oxygen atoms in total. The van der Waals surface area contributed by atoms with E-state index < -0.39 is 0 Å². The molecule has 0 radical (unpaired) electrons. The SMILES string of the molecule is CCC(C)N1CCN(C(=O)c2csc(Br)c2)CC1. The number of carbonyl (C=O) groups excluding carboxylic acids is 1. The minimum atomic E-state index is 0.167. The molecule has 2 heterocycles. The monoisotopic (exact) mass is 330 g/mol. The van der Waals surface area contributed by atoms with Crippen molar-refractivity contribution in [3.8, 4) is 0 Å². The van der Waals surface area contributed by atoms with Gasteiger partial charge in [0.1, 0.15) is 0 Å². The summed E-state index contributed by atoms with van der Waals surface area (Å²) in [6.45, 7) is 8.14. The molecule has 18 heavy (non-hydrogen) atoms. The highest BCUT2D eigenvalue weighted by atomic mass is 79.9. The minimum absolute atomic E-state index is 0.167. The summed E-state index contributed by atoms with van der Waals surface area (Å²) < 4.78 is 1.02. The third kappa shape index (κ3) is 3.13. The van der Waals surface area contributed by atoms with Crippen molar-refractivity contribution in [1.82, 2.24) is 9.80 Å². The van der Waals surface area contributed by atoms with Crippen LogP contribution in [0.5, 0.6) is 0 Å². The Morgan fingerprint density at radius 3 is 2.61 bits per heavy atom. The lowest BCUT2D eigenvalue weighted by atomic mass is 10.2. The summed E-state index contributed by atoms with van der Waals surface area (Å²) in [5.41, 5.74) is 0.809. The van der Waals surface area contributed by atoms with Crippen LogP contribution in [-0.4, -0.2) is 47.9 Å². The average molecular weight is 331 g/mol. The minimum Gasteiger partial charge on any atom is -0.336 e. The first-order valence-corrected chi connectivity index (χ1v) is 8.06. The van der Waals surface area contributed by atoms with Crippen LogP contribution < -0.4 is 0 Å². The lowest BCUT2D eigenvalue weighted by Crippen LogP contribution is -2.51. The van der Waals surface area contributed by atoms with Gasteiger partial charge in [-0.25, -0.2) is 0 Å². The maximum atomic E-state index is 12.3. The number of rotatable bonds is 3. The standard InChI is InChI=1S/C13H19BrN2OS/c1-3-10(2)15-4-6-16(7-5-15)13(17)11-8-12(14)18-9-11/h8-10H,3-7H2,1-2H3. The lowest BCUT2D eigenvalue weighted by molar-refractivity contribution is 0.0580. The van der Waals surface area contributed by atoms with Crippen LogP contribution in [0.4, 0.5) is 0 Å². The molecule has 0 aromatic carbocycles. The van der Waals surface area contributed by atoms with Gasteiger partial charge in [-0.05, 0) is 35.3 Å². The first-order valence-electron chi connectivity index (χ1n) is 6.39. The van der Waals surface area contributed by atoms with E-state index in [4.69, 9.17) is 0 Å². The summed E-state index contributed by atoms with van der Waals surface area (Å²) in [5.74, 6) is 0.167. The highest BCUT2D eigenvalue weighted by molar-refractivity contribution is 9.11. The molecule has 0 saturated carbocycles. The van der Waals surface area contributed by atoms with Gasteiger partial charge in [0.2, 0.25) is 0 Å². The molecular weight excluding hydrogens is 312 g/mol.